The molecule has 0 saturated heterocycles. The van der Waals surface area contributed by atoms with Crippen molar-refractivity contribution in [3.05, 3.63) is 58.1 Å². The lowest BCUT2D eigenvalue weighted by Crippen LogP contribution is -2.05. The largest absolute Gasteiger partial charge is 0.456 e. The quantitative estimate of drug-likeness (QED) is 0.923. The number of hydrogen-bond acceptors (Lipinski definition) is 3. The normalized spacial score (nSPS) is 10.1. The topological polar surface area (TPSA) is 45.0 Å². The van der Waals surface area contributed by atoms with Crippen molar-refractivity contribution < 1.29 is 4.74 Å². The van der Waals surface area contributed by atoms with Gasteiger partial charge in [-0.05, 0) is 55.4 Å². The number of aryl methyl sites for hydroxylation is 1. The molecule has 3 nitrogen and oxygen atoms in total. The predicted octanol–water partition coefficient (Wildman–Crippen LogP) is 4.03. The Balaban J connectivity index is 2.28. The maximum Gasteiger partial charge on any atom is 0.145 e. The molecule has 2 aromatic carbocycles. The average Bonchev–Trinajstić information content (AvgIpc) is 2.45. The first kappa shape index (κ1) is 14.4. The van der Waals surface area contributed by atoms with E-state index in [4.69, 9.17) is 16.3 Å². The van der Waals surface area contributed by atoms with Gasteiger partial charge in [-0.15, -0.1) is 0 Å². The summed E-state index contributed by atoms with van der Waals surface area (Å²) in [6.07, 6.45) is 0. The van der Waals surface area contributed by atoms with Gasteiger partial charge in [0.25, 0.3) is 0 Å². The molecular formula is C16H15ClN2O. The Kier molecular flexibility index (Phi) is 4.62. The summed E-state index contributed by atoms with van der Waals surface area (Å²) in [5, 5.41) is 13.0. The minimum absolute atomic E-state index is 0.519. The first-order chi connectivity index (χ1) is 9.63. The highest BCUT2D eigenvalue weighted by molar-refractivity contribution is 6.31. The fraction of sp³-hybridized carbons (Fsp3) is 0.188. The van der Waals surface area contributed by atoms with Gasteiger partial charge >= 0.3 is 0 Å². The molecule has 20 heavy (non-hydrogen) atoms. The summed E-state index contributed by atoms with van der Waals surface area (Å²) in [6, 6.07) is 13.2. The Morgan fingerprint density at radius 2 is 2.05 bits per heavy atom. The number of nitrogens with zero attached hydrogens (tertiary/aromatic N) is 1. The standard InChI is InChI=1S/C16H15ClN2O/c1-11-7-14(4-5-15(11)17)20-16-6-3-12(10-19-2)8-13(16)9-18/h3-8,19H,10H2,1-2H3. The predicted molar refractivity (Wildman–Crippen MR) is 80.2 cm³/mol. The molecule has 0 radical (unpaired) electrons. The summed E-state index contributed by atoms with van der Waals surface area (Å²) in [5.74, 6) is 1.22. The Morgan fingerprint density at radius 1 is 1.25 bits per heavy atom. The molecule has 0 aromatic heterocycles. The zero-order valence-corrected chi connectivity index (χ0v) is 12.2. The fourth-order valence-corrected chi connectivity index (χ4v) is 1.99. The van der Waals surface area contributed by atoms with Gasteiger partial charge in [0.2, 0.25) is 0 Å². The van der Waals surface area contributed by atoms with E-state index in [1.165, 1.54) is 0 Å². The van der Waals surface area contributed by atoms with Crippen molar-refractivity contribution in [1.29, 1.82) is 5.26 Å². The van der Waals surface area contributed by atoms with E-state index < -0.39 is 0 Å². The number of halogens is 1. The number of rotatable bonds is 4. The van der Waals surface area contributed by atoms with E-state index in [0.29, 0.717) is 22.1 Å². The molecule has 0 fully saturated rings. The average molecular weight is 287 g/mol. The van der Waals surface area contributed by atoms with Crippen LogP contribution in [0.5, 0.6) is 11.5 Å². The van der Waals surface area contributed by atoms with Crippen LogP contribution in [-0.2, 0) is 6.54 Å². The van der Waals surface area contributed by atoms with Gasteiger partial charge < -0.3 is 10.1 Å². The van der Waals surface area contributed by atoms with Crippen LogP contribution in [0.25, 0.3) is 0 Å². The minimum Gasteiger partial charge on any atom is -0.456 e. The third-order valence-electron chi connectivity index (χ3n) is 2.90. The Morgan fingerprint density at radius 3 is 2.70 bits per heavy atom. The van der Waals surface area contributed by atoms with Crippen LogP contribution in [0.15, 0.2) is 36.4 Å². The van der Waals surface area contributed by atoms with Crippen LogP contribution in [0.4, 0.5) is 0 Å². The van der Waals surface area contributed by atoms with E-state index in [0.717, 1.165) is 17.7 Å². The van der Waals surface area contributed by atoms with E-state index in [9.17, 15) is 5.26 Å². The first-order valence-corrected chi connectivity index (χ1v) is 6.63. The monoisotopic (exact) mass is 286 g/mol. The molecule has 102 valence electrons. The van der Waals surface area contributed by atoms with Crippen LogP contribution < -0.4 is 10.1 Å². The molecule has 0 heterocycles. The van der Waals surface area contributed by atoms with Crippen molar-refractivity contribution in [1.82, 2.24) is 5.32 Å². The van der Waals surface area contributed by atoms with Crippen LogP contribution in [0.3, 0.4) is 0 Å². The molecule has 4 heteroatoms. The second kappa shape index (κ2) is 6.42. The lowest BCUT2D eigenvalue weighted by Gasteiger charge is -2.10. The first-order valence-electron chi connectivity index (χ1n) is 6.25. The van der Waals surface area contributed by atoms with Crippen molar-refractivity contribution in [3.8, 4) is 17.6 Å². The molecule has 0 amide bonds. The molecule has 0 aliphatic carbocycles. The van der Waals surface area contributed by atoms with Gasteiger partial charge in [-0.3, -0.25) is 0 Å². The van der Waals surface area contributed by atoms with E-state index >= 15 is 0 Å². The molecule has 2 rings (SSSR count). The number of benzene rings is 2. The van der Waals surface area contributed by atoms with Gasteiger partial charge in [0, 0.05) is 11.6 Å². The second-order valence-electron chi connectivity index (χ2n) is 4.49. The summed E-state index contributed by atoms with van der Waals surface area (Å²) >= 11 is 5.98. The Hall–Kier alpha value is -2.02. The molecular weight excluding hydrogens is 272 g/mol. The highest BCUT2D eigenvalue weighted by atomic mass is 35.5. The lowest BCUT2D eigenvalue weighted by atomic mass is 10.1. The zero-order chi connectivity index (χ0) is 14.5. The molecule has 0 atom stereocenters. The number of nitrogens with one attached hydrogen (secondary N) is 1. The van der Waals surface area contributed by atoms with Gasteiger partial charge in [-0.1, -0.05) is 17.7 Å². The number of hydrogen-bond donors (Lipinski definition) is 1. The van der Waals surface area contributed by atoms with Gasteiger partial charge in [-0.25, -0.2) is 0 Å². The lowest BCUT2D eigenvalue weighted by molar-refractivity contribution is 0.480. The van der Waals surface area contributed by atoms with Crippen molar-refractivity contribution in [3.63, 3.8) is 0 Å². The maximum atomic E-state index is 9.22. The van der Waals surface area contributed by atoms with Crippen LogP contribution in [0, 0.1) is 18.3 Å². The van der Waals surface area contributed by atoms with Crippen molar-refractivity contribution >= 4 is 11.6 Å². The summed E-state index contributed by atoms with van der Waals surface area (Å²) in [7, 11) is 1.87. The summed E-state index contributed by atoms with van der Waals surface area (Å²) in [5.41, 5.74) is 2.50. The summed E-state index contributed by atoms with van der Waals surface area (Å²) < 4.78 is 5.77. The molecule has 0 bridgehead atoms. The molecule has 0 aliphatic heterocycles. The van der Waals surface area contributed by atoms with Crippen molar-refractivity contribution in [2.75, 3.05) is 7.05 Å². The fourth-order valence-electron chi connectivity index (χ4n) is 1.88. The molecule has 0 saturated carbocycles. The van der Waals surface area contributed by atoms with E-state index in [1.807, 2.05) is 38.2 Å². The number of ether oxygens (including phenoxy) is 1. The van der Waals surface area contributed by atoms with Crippen LogP contribution in [0.1, 0.15) is 16.7 Å². The van der Waals surface area contributed by atoms with Crippen LogP contribution in [0.2, 0.25) is 5.02 Å². The van der Waals surface area contributed by atoms with Gasteiger partial charge in [0.1, 0.15) is 17.6 Å². The Labute approximate surface area is 123 Å². The smallest absolute Gasteiger partial charge is 0.145 e. The van der Waals surface area contributed by atoms with E-state index in [-0.39, 0.29) is 0 Å². The third-order valence-corrected chi connectivity index (χ3v) is 3.33. The molecule has 0 spiro atoms. The maximum absolute atomic E-state index is 9.22. The molecule has 1 N–H and O–H groups in total. The minimum atomic E-state index is 0.519. The molecule has 0 unspecified atom stereocenters. The zero-order valence-electron chi connectivity index (χ0n) is 11.4. The number of nitriles is 1. The van der Waals surface area contributed by atoms with Gasteiger partial charge in [0.15, 0.2) is 0 Å². The van der Waals surface area contributed by atoms with Gasteiger partial charge in [0.05, 0.1) is 5.56 Å². The van der Waals surface area contributed by atoms with E-state index in [1.54, 1.807) is 12.1 Å². The van der Waals surface area contributed by atoms with Gasteiger partial charge in [-0.2, -0.15) is 5.26 Å². The summed E-state index contributed by atoms with van der Waals surface area (Å²) in [6.45, 7) is 2.63. The van der Waals surface area contributed by atoms with Crippen molar-refractivity contribution in [2.24, 2.45) is 0 Å². The van der Waals surface area contributed by atoms with Crippen molar-refractivity contribution in [2.45, 2.75) is 13.5 Å². The molecule has 2 aromatic rings. The highest BCUT2D eigenvalue weighted by Gasteiger charge is 2.07. The Bertz CT molecular complexity index is 662. The third kappa shape index (κ3) is 3.30. The molecule has 0 aliphatic rings. The van der Waals surface area contributed by atoms with E-state index in [2.05, 4.69) is 11.4 Å². The summed E-state index contributed by atoms with van der Waals surface area (Å²) in [4.78, 5) is 0. The van der Waals surface area contributed by atoms with Crippen LogP contribution >= 0.6 is 11.6 Å². The SMILES string of the molecule is CNCc1ccc(Oc2ccc(Cl)c(C)c2)c(C#N)c1. The second-order valence-corrected chi connectivity index (χ2v) is 4.89. The van der Waals surface area contributed by atoms with Crippen LogP contribution in [-0.4, -0.2) is 7.05 Å². The highest BCUT2D eigenvalue weighted by Crippen LogP contribution is 2.28.